The molecule has 6 nitrogen and oxygen atoms in total. The Hall–Kier alpha value is -2.90. The number of hydrogen-bond donors (Lipinski definition) is 0. The van der Waals surface area contributed by atoms with Crippen LogP contribution < -0.4 is 9.47 Å². The summed E-state index contributed by atoms with van der Waals surface area (Å²) < 4.78 is 15.4. The number of esters is 1. The van der Waals surface area contributed by atoms with E-state index in [0.717, 1.165) is 5.56 Å². The maximum absolute atomic E-state index is 12.4. The zero-order valence-corrected chi connectivity index (χ0v) is 16.7. The number of aromatic nitrogens is 1. The van der Waals surface area contributed by atoms with Gasteiger partial charge in [0.2, 0.25) is 5.78 Å². The number of ketones is 1. The summed E-state index contributed by atoms with van der Waals surface area (Å²) in [5.41, 5.74) is 1.20. The van der Waals surface area contributed by atoms with E-state index in [2.05, 4.69) is 4.98 Å². The third-order valence-electron chi connectivity index (χ3n) is 3.83. The predicted molar refractivity (Wildman–Crippen MR) is 107 cm³/mol. The van der Waals surface area contributed by atoms with Gasteiger partial charge >= 0.3 is 5.97 Å². The van der Waals surface area contributed by atoms with Gasteiger partial charge in [0, 0.05) is 16.0 Å². The highest BCUT2D eigenvalue weighted by molar-refractivity contribution is 7.13. The summed E-state index contributed by atoms with van der Waals surface area (Å²) in [6, 6.07) is 12.0. The lowest BCUT2D eigenvalue weighted by molar-refractivity contribution is 0.0469. The van der Waals surface area contributed by atoms with Crippen molar-refractivity contribution in [1.82, 2.24) is 4.98 Å². The second kappa shape index (κ2) is 8.86. The van der Waals surface area contributed by atoms with Crippen LogP contribution in [-0.2, 0) is 4.74 Å². The van der Waals surface area contributed by atoms with Gasteiger partial charge in [0.05, 0.1) is 19.8 Å². The van der Waals surface area contributed by atoms with Gasteiger partial charge in [0.15, 0.2) is 12.3 Å². The summed E-state index contributed by atoms with van der Waals surface area (Å²) in [6.45, 7) is -0.438. The number of nitrogens with zero attached hydrogens (tertiary/aromatic N) is 1. The van der Waals surface area contributed by atoms with Gasteiger partial charge in [-0.2, -0.15) is 0 Å². The first-order valence-corrected chi connectivity index (χ1v) is 9.41. The fraction of sp³-hybridized carbons (Fsp3) is 0.150. The molecule has 0 fully saturated rings. The molecule has 8 heteroatoms. The number of rotatable bonds is 7. The first-order valence-electron chi connectivity index (χ1n) is 8.15. The van der Waals surface area contributed by atoms with E-state index in [0.29, 0.717) is 21.5 Å². The van der Waals surface area contributed by atoms with Gasteiger partial charge in [0.25, 0.3) is 0 Å². The Bertz CT molecular complexity index is 1020. The SMILES string of the molecule is COc1ccc(OC)c(C(=O)COC(=O)c2csc(-c3cccc(Cl)c3)n2)c1. The Labute approximate surface area is 170 Å². The molecular formula is C20H16ClNO5S. The highest BCUT2D eigenvalue weighted by Gasteiger charge is 2.18. The quantitative estimate of drug-likeness (QED) is 0.415. The maximum Gasteiger partial charge on any atom is 0.358 e. The van der Waals surface area contributed by atoms with Crippen LogP contribution in [0.1, 0.15) is 20.8 Å². The fourth-order valence-corrected chi connectivity index (χ4v) is 3.41. The smallest absolute Gasteiger partial charge is 0.358 e. The van der Waals surface area contributed by atoms with Crippen molar-refractivity contribution in [3.8, 4) is 22.1 Å². The number of thiazole rings is 1. The lowest BCUT2D eigenvalue weighted by atomic mass is 10.1. The lowest BCUT2D eigenvalue weighted by Crippen LogP contribution is -2.15. The van der Waals surface area contributed by atoms with Gasteiger partial charge in [0.1, 0.15) is 16.5 Å². The van der Waals surface area contributed by atoms with Gasteiger partial charge in [-0.05, 0) is 30.3 Å². The molecule has 0 atom stereocenters. The number of halogens is 1. The van der Waals surface area contributed by atoms with Gasteiger partial charge in [-0.15, -0.1) is 11.3 Å². The summed E-state index contributed by atoms with van der Waals surface area (Å²) in [5, 5.41) is 2.79. The number of benzene rings is 2. The van der Waals surface area contributed by atoms with Crippen molar-refractivity contribution >= 4 is 34.7 Å². The maximum atomic E-state index is 12.4. The Morgan fingerprint density at radius 3 is 2.64 bits per heavy atom. The van der Waals surface area contributed by atoms with Crippen LogP contribution in [0.4, 0.5) is 0 Å². The number of methoxy groups -OCH3 is 2. The molecule has 0 amide bonds. The molecule has 0 radical (unpaired) electrons. The van der Waals surface area contributed by atoms with Crippen molar-refractivity contribution < 1.29 is 23.8 Å². The second-order valence-corrected chi connectivity index (χ2v) is 6.91. The first kappa shape index (κ1) is 19.9. The number of carbonyl (C=O) groups is 2. The molecule has 3 aromatic rings. The van der Waals surface area contributed by atoms with Gasteiger partial charge in [-0.1, -0.05) is 23.7 Å². The Kier molecular flexibility index (Phi) is 6.28. The van der Waals surface area contributed by atoms with E-state index in [1.54, 1.807) is 35.7 Å². The molecule has 144 valence electrons. The average molecular weight is 418 g/mol. The van der Waals surface area contributed by atoms with Gasteiger partial charge in [-0.3, -0.25) is 4.79 Å². The van der Waals surface area contributed by atoms with Crippen LogP contribution in [0, 0.1) is 0 Å². The van der Waals surface area contributed by atoms with Crippen LogP contribution in [0.25, 0.3) is 10.6 Å². The Morgan fingerprint density at radius 2 is 1.93 bits per heavy atom. The average Bonchev–Trinajstić information content (AvgIpc) is 3.21. The van der Waals surface area contributed by atoms with Crippen LogP contribution in [0.3, 0.4) is 0 Å². The van der Waals surface area contributed by atoms with Crippen molar-refractivity contribution in [3.63, 3.8) is 0 Å². The zero-order valence-electron chi connectivity index (χ0n) is 15.1. The molecule has 1 heterocycles. The summed E-state index contributed by atoms with van der Waals surface area (Å²) >= 11 is 7.27. The zero-order chi connectivity index (χ0) is 20.1. The summed E-state index contributed by atoms with van der Waals surface area (Å²) in [5.74, 6) is -0.214. The van der Waals surface area contributed by atoms with E-state index < -0.39 is 18.4 Å². The minimum atomic E-state index is -0.681. The molecule has 0 spiro atoms. The Balaban J connectivity index is 1.68. The highest BCUT2D eigenvalue weighted by atomic mass is 35.5. The van der Waals surface area contributed by atoms with Crippen LogP contribution in [0.2, 0.25) is 5.02 Å². The molecule has 0 saturated carbocycles. The number of hydrogen-bond acceptors (Lipinski definition) is 7. The fourth-order valence-electron chi connectivity index (χ4n) is 2.44. The van der Waals surface area contributed by atoms with Crippen LogP contribution in [0.5, 0.6) is 11.5 Å². The van der Waals surface area contributed by atoms with Gasteiger partial charge in [-0.25, -0.2) is 9.78 Å². The van der Waals surface area contributed by atoms with E-state index in [1.165, 1.54) is 31.6 Å². The van der Waals surface area contributed by atoms with E-state index >= 15 is 0 Å². The Morgan fingerprint density at radius 1 is 1.11 bits per heavy atom. The first-order chi connectivity index (χ1) is 13.5. The molecule has 0 aliphatic heterocycles. The molecule has 1 aromatic heterocycles. The third-order valence-corrected chi connectivity index (χ3v) is 4.95. The molecule has 3 rings (SSSR count). The van der Waals surface area contributed by atoms with E-state index in [1.807, 2.05) is 6.07 Å². The van der Waals surface area contributed by atoms with Crippen LogP contribution in [0.15, 0.2) is 47.8 Å². The lowest BCUT2D eigenvalue weighted by Gasteiger charge is -2.09. The molecule has 2 aromatic carbocycles. The highest BCUT2D eigenvalue weighted by Crippen LogP contribution is 2.27. The molecule has 0 aliphatic rings. The van der Waals surface area contributed by atoms with Crippen molar-refractivity contribution in [2.75, 3.05) is 20.8 Å². The van der Waals surface area contributed by atoms with Crippen LogP contribution >= 0.6 is 22.9 Å². The minimum absolute atomic E-state index is 0.130. The minimum Gasteiger partial charge on any atom is -0.497 e. The number of ether oxygens (including phenoxy) is 3. The van der Waals surface area contributed by atoms with E-state index in [4.69, 9.17) is 25.8 Å². The summed E-state index contributed by atoms with van der Waals surface area (Å²) in [4.78, 5) is 29.0. The molecular weight excluding hydrogens is 402 g/mol. The van der Waals surface area contributed by atoms with Crippen molar-refractivity contribution in [3.05, 3.63) is 64.1 Å². The molecule has 0 bridgehead atoms. The number of carbonyl (C=O) groups excluding carboxylic acids is 2. The largest absolute Gasteiger partial charge is 0.497 e. The molecule has 0 N–H and O–H groups in total. The monoisotopic (exact) mass is 417 g/mol. The van der Waals surface area contributed by atoms with E-state index in [-0.39, 0.29) is 11.3 Å². The third kappa shape index (κ3) is 4.49. The summed E-state index contributed by atoms with van der Waals surface area (Å²) in [6.07, 6.45) is 0. The van der Waals surface area contributed by atoms with Crippen molar-refractivity contribution in [2.24, 2.45) is 0 Å². The molecule has 0 aliphatic carbocycles. The standard InChI is InChI=1S/C20H16ClNO5S/c1-25-14-6-7-18(26-2)15(9-14)17(23)10-27-20(24)16-11-28-19(22-16)12-4-3-5-13(21)8-12/h3-9,11H,10H2,1-2H3. The predicted octanol–water partition coefficient (Wildman–Crippen LogP) is 4.52. The van der Waals surface area contributed by atoms with Crippen molar-refractivity contribution in [1.29, 1.82) is 0 Å². The van der Waals surface area contributed by atoms with Crippen LogP contribution in [-0.4, -0.2) is 37.6 Å². The second-order valence-electron chi connectivity index (χ2n) is 5.61. The van der Waals surface area contributed by atoms with Crippen molar-refractivity contribution in [2.45, 2.75) is 0 Å². The topological polar surface area (TPSA) is 74.7 Å². The normalized spacial score (nSPS) is 10.4. The molecule has 28 heavy (non-hydrogen) atoms. The van der Waals surface area contributed by atoms with Gasteiger partial charge < -0.3 is 14.2 Å². The molecule has 0 unspecified atom stereocenters. The van der Waals surface area contributed by atoms with E-state index in [9.17, 15) is 9.59 Å². The summed E-state index contributed by atoms with van der Waals surface area (Å²) in [7, 11) is 2.95. The molecule has 0 saturated heterocycles. The number of Topliss-reactive ketones (excluding diaryl/α,β-unsaturated/α-hetero) is 1.